The average molecular weight is 474 g/mol. The van der Waals surface area contributed by atoms with Gasteiger partial charge in [-0.15, -0.1) is 0 Å². The summed E-state index contributed by atoms with van der Waals surface area (Å²) in [5.41, 5.74) is 1.21. The molecule has 0 aliphatic heterocycles. The quantitative estimate of drug-likeness (QED) is 0.421. The van der Waals surface area contributed by atoms with Gasteiger partial charge in [-0.3, -0.25) is 14.3 Å². The number of benzene rings is 2. The van der Waals surface area contributed by atoms with Gasteiger partial charge in [0.15, 0.2) is 5.58 Å². The van der Waals surface area contributed by atoms with Gasteiger partial charge >= 0.3 is 11.4 Å². The number of aryl methyl sites for hydroxylation is 1. The molecule has 3 N–H and O–H groups in total. The first-order valence-electron chi connectivity index (χ1n) is 7.40. The Balaban J connectivity index is 1.84. The van der Waals surface area contributed by atoms with E-state index in [2.05, 4.69) is 30.6 Å². The van der Waals surface area contributed by atoms with E-state index in [0.717, 1.165) is 0 Å². The second-order valence-corrected chi connectivity index (χ2v) is 8.57. The van der Waals surface area contributed by atoms with E-state index in [1.54, 1.807) is 13.1 Å². The van der Waals surface area contributed by atoms with Crippen LogP contribution in [0.25, 0.3) is 22.1 Å². The maximum atomic E-state index is 12.9. The Morgan fingerprint density at radius 1 is 1.19 bits per heavy atom. The van der Waals surface area contributed by atoms with Crippen molar-refractivity contribution >= 4 is 65.4 Å². The van der Waals surface area contributed by atoms with Crippen molar-refractivity contribution in [3.05, 3.63) is 54.8 Å². The molecule has 0 unspecified atom stereocenters. The minimum absolute atomic E-state index is 0.0614. The van der Waals surface area contributed by atoms with Gasteiger partial charge in [-0.2, -0.15) is 0 Å². The van der Waals surface area contributed by atoms with Crippen LogP contribution in [0.3, 0.4) is 0 Å². The van der Waals surface area contributed by atoms with Crippen LogP contribution in [0.4, 0.5) is 5.69 Å². The second-order valence-electron chi connectivity index (χ2n) is 5.72. The van der Waals surface area contributed by atoms with Crippen molar-refractivity contribution in [1.29, 1.82) is 0 Å². The highest BCUT2D eigenvalue weighted by molar-refractivity contribution is 9.10. The number of halogens is 2. The van der Waals surface area contributed by atoms with Gasteiger partial charge in [-0.25, -0.2) is 18.0 Å². The molecule has 0 aliphatic rings. The van der Waals surface area contributed by atoms with Crippen LogP contribution in [0, 0.1) is 0 Å². The van der Waals surface area contributed by atoms with Crippen molar-refractivity contribution in [3.63, 3.8) is 0 Å². The van der Waals surface area contributed by atoms with Crippen LogP contribution in [0.2, 0.25) is 5.02 Å². The number of fused-ring (bicyclic) bond motifs is 2. The van der Waals surface area contributed by atoms with Crippen LogP contribution in [0.1, 0.15) is 0 Å². The molecule has 0 spiro atoms. The summed E-state index contributed by atoms with van der Waals surface area (Å²) < 4.78 is 34.6. The maximum absolute atomic E-state index is 12.9. The molecule has 0 saturated heterocycles. The topological polar surface area (TPSA) is 130 Å². The van der Waals surface area contributed by atoms with Crippen molar-refractivity contribution in [3.8, 4) is 0 Å². The summed E-state index contributed by atoms with van der Waals surface area (Å²) in [6.45, 7) is 0. The lowest BCUT2D eigenvalue weighted by molar-refractivity contribution is 0.554. The minimum atomic E-state index is -4.13. The zero-order valence-corrected chi connectivity index (χ0v) is 16.6. The fourth-order valence-electron chi connectivity index (χ4n) is 2.74. The average Bonchev–Trinajstić information content (AvgIpc) is 3.07. The molecule has 140 valence electrons. The molecule has 0 atom stereocenters. The molecule has 2 aromatic carbocycles. The van der Waals surface area contributed by atoms with Gasteiger partial charge in [0.25, 0.3) is 10.0 Å². The number of hydrogen-bond donors (Lipinski definition) is 3. The van der Waals surface area contributed by atoms with Crippen molar-refractivity contribution in [2.45, 2.75) is 4.90 Å². The van der Waals surface area contributed by atoms with Gasteiger partial charge in [-0.05, 0) is 40.2 Å². The Hall–Kier alpha value is -2.50. The normalized spacial score (nSPS) is 12.1. The molecular formula is C15H10BrClN4O5S. The van der Waals surface area contributed by atoms with Crippen LogP contribution in [0.5, 0.6) is 0 Å². The van der Waals surface area contributed by atoms with E-state index in [1.165, 1.54) is 22.8 Å². The summed E-state index contributed by atoms with van der Waals surface area (Å²) in [6.07, 6.45) is 0. The summed E-state index contributed by atoms with van der Waals surface area (Å²) in [6, 6.07) is 5.99. The molecule has 4 rings (SSSR count). The number of imidazole rings is 1. The number of aromatic nitrogens is 3. The summed E-state index contributed by atoms with van der Waals surface area (Å²) in [5, 5.41) is -0.236. The number of oxazole rings is 1. The molecule has 27 heavy (non-hydrogen) atoms. The van der Waals surface area contributed by atoms with Gasteiger partial charge < -0.3 is 9.40 Å². The van der Waals surface area contributed by atoms with Gasteiger partial charge in [0, 0.05) is 11.5 Å². The molecule has 0 amide bonds. The molecule has 0 fully saturated rings. The van der Waals surface area contributed by atoms with Crippen molar-refractivity contribution in [2.75, 3.05) is 4.72 Å². The van der Waals surface area contributed by atoms with Gasteiger partial charge in [0.2, 0.25) is 0 Å². The van der Waals surface area contributed by atoms with Gasteiger partial charge in [-0.1, -0.05) is 11.6 Å². The number of sulfonamides is 1. The smallest absolute Gasteiger partial charge is 0.406 e. The number of aromatic amines is 2. The van der Waals surface area contributed by atoms with Crippen LogP contribution in [-0.4, -0.2) is 23.0 Å². The van der Waals surface area contributed by atoms with Crippen LogP contribution < -0.4 is 16.2 Å². The lowest BCUT2D eigenvalue weighted by Crippen LogP contribution is -2.14. The molecule has 0 radical (unpaired) electrons. The van der Waals surface area contributed by atoms with E-state index in [4.69, 9.17) is 16.0 Å². The SMILES string of the molecule is Cn1c(=O)[nH]c2ccc(NS(=O)(=O)c3c(Br)cc4[nH]c(=O)oc4c3Cl)cc21. The Morgan fingerprint density at radius 2 is 1.93 bits per heavy atom. The van der Waals surface area contributed by atoms with Crippen molar-refractivity contribution in [1.82, 2.24) is 14.5 Å². The Labute approximate surface area is 164 Å². The number of nitrogens with zero attached hydrogens (tertiary/aromatic N) is 1. The first-order chi connectivity index (χ1) is 12.7. The monoisotopic (exact) mass is 472 g/mol. The standard InChI is InChI=1S/C15H10BrClN4O5S/c1-21-10-4-6(2-3-8(10)18-14(21)22)20-27(24,25)13-7(16)5-9-12(11(13)17)26-15(23)19-9/h2-5,20H,1H3,(H,18,22)(H,19,23). The second kappa shape index (κ2) is 6.01. The molecule has 4 aromatic rings. The van der Waals surface area contributed by atoms with Crippen molar-refractivity contribution < 1.29 is 12.8 Å². The molecule has 12 heteroatoms. The predicted octanol–water partition coefficient (Wildman–Crippen LogP) is 2.52. The van der Waals surface area contributed by atoms with E-state index in [9.17, 15) is 18.0 Å². The highest BCUT2D eigenvalue weighted by atomic mass is 79.9. The highest BCUT2D eigenvalue weighted by Crippen LogP contribution is 2.36. The van der Waals surface area contributed by atoms with E-state index in [0.29, 0.717) is 11.0 Å². The van der Waals surface area contributed by atoms with E-state index in [1.807, 2.05) is 0 Å². The van der Waals surface area contributed by atoms with Gasteiger partial charge in [0.05, 0.1) is 22.2 Å². The molecule has 0 bridgehead atoms. The lowest BCUT2D eigenvalue weighted by Gasteiger charge is -2.11. The number of rotatable bonds is 3. The highest BCUT2D eigenvalue weighted by Gasteiger charge is 2.26. The molecule has 2 heterocycles. The Morgan fingerprint density at radius 3 is 2.67 bits per heavy atom. The number of anilines is 1. The third-order valence-corrected chi connectivity index (χ3v) is 6.82. The molecule has 2 aromatic heterocycles. The third-order valence-electron chi connectivity index (χ3n) is 3.99. The summed E-state index contributed by atoms with van der Waals surface area (Å²) in [7, 11) is -2.57. The summed E-state index contributed by atoms with van der Waals surface area (Å²) >= 11 is 9.35. The number of hydrogen-bond acceptors (Lipinski definition) is 5. The summed E-state index contributed by atoms with van der Waals surface area (Å²) in [4.78, 5) is 27.8. The fourth-order valence-corrected chi connectivity index (χ4v) is 5.66. The fraction of sp³-hybridized carbons (Fsp3) is 0.0667. The Bertz CT molecular complexity index is 1450. The first kappa shape index (κ1) is 17.9. The molecule has 9 nitrogen and oxygen atoms in total. The van der Waals surface area contributed by atoms with E-state index >= 15 is 0 Å². The molecule has 0 saturated carbocycles. The number of nitrogens with one attached hydrogen (secondary N) is 3. The van der Waals surface area contributed by atoms with Crippen molar-refractivity contribution in [2.24, 2.45) is 7.05 Å². The minimum Gasteiger partial charge on any atom is -0.406 e. The maximum Gasteiger partial charge on any atom is 0.417 e. The summed E-state index contributed by atoms with van der Waals surface area (Å²) in [5.74, 6) is -0.750. The van der Waals surface area contributed by atoms with Crippen LogP contribution in [0.15, 0.2) is 47.6 Å². The largest absolute Gasteiger partial charge is 0.417 e. The number of H-pyrrole nitrogens is 2. The third kappa shape index (κ3) is 2.87. The first-order valence-corrected chi connectivity index (χ1v) is 10.0. The van der Waals surface area contributed by atoms with E-state index in [-0.39, 0.29) is 36.9 Å². The van der Waals surface area contributed by atoms with E-state index < -0.39 is 15.8 Å². The molecular weight excluding hydrogens is 464 g/mol. The zero-order valence-electron chi connectivity index (χ0n) is 13.5. The lowest BCUT2D eigenvalue weighted by atomic mass is 10.3. The predicted molar refractivity (Wildman–Crippen MR) is 104 cm³/mol. The zero-order chi connectivity index (χ0) is 19.5. The van der Waals surface area contributed by atoms with Gasteiger partial charge in [0.1, 0.15) is 9.92 Å². The van der Waals surface area contributed by atoms with Crippen LogP contribution in [-0.2, 0) is 17.1 Å². The molecule has 0 aliphatic carbocycles. The van der Waals surface area contributed by atoms with Crippen LogP contribution >= 0.6 is 27.5 Å². The Kier molecular flexibility index (Phi) is 3.98.